The number of ether oxygens (including phenoxy) is 1. The number of nitrogens with zero attached hydrogens (tertiary/aromatic N) is 1. The summed E-state index contributed by atoms with van der Waals surface area (Å²) in [6.07, 6.45) is 1.12. The van der Waals surface area contributed by atoms with E-state index in [1.807, 2.05) is 38.1 Å². The van der Waals surface area contributed by atoms with Crippen LogP contribution < -0.4 is 14.4 Å². The largest absolute Gasteiger partial charge is 0.491 e. The lowest BCUT2D eigenvalue weighted by Crippen LogP contribution is -2.47. The zero-order valence-electron chi connectivity index (χ0n) is 16.3. The summed E-state index contributed by atoms with van der Waals surface area (Å²) in [5.41, 5.74) is 1.23. The van der Waals surface area contributed by atoms with Gasteiger partial charge in [0.15, 0.2) is 0 Å². The van der Waals surface area contributed by atoms with Crippen LogP contribution in [0.3, 0.4) is 0 Å². The fourth-order valence-electron chi connectivity index (χ4n) is 2.73. The molecule has 0 spiro atoms. The molecule has 0 aliphatic carbocycles. The molecule has 6 nitrogen and oxygen atoms in total. The van der Waals surface area contributed by atoms with Crippen LogP contribution in [0.2, 0.25) is 5.02 Å². The van der Waals surface area contributed by atoms with Gasteiger partial charge in [0.1, 0.15) is 11.8 Å². The topological polar surface area (TPSA) is 75.7 Å². The molecule has 0 aliphatic rings. The first-order valence-corrected chi connectivity index (χ1v) is 11.1. The van der Waals surface area contributed by atoms with Gasteiger partial charge in [0, 0.05) is 11.6 Å². The summed E-state index contributed by atoms with van der Waals surface area (Å²) in [5.74, 6) is 0.310. The molecule has 1 amide bonds. The average Bonchev–Trinajstić information content (AvgIpc) is 2.60. The number of nitrogens with one attached hydrogen (secondary N) is 1. The van der Waals surface area contributed by atoms with Crippen LogP contribution in [0.1, 0.15) is 26.3 Å². The fourth-order valence-corrected chi connectivity index (χ4v) is 4.04. The second-order valence-corrected chi connectivity index (χ2v) is 9.04. The monoisotopic (exact) mass is 424 g/mol. The van der Waals surface area contributed by atoms with Gasteiger partial charge in [0.05, 0.1) is 18.0 Å². The Morgan fingerprint density at radius 3 is 2.36 bits per heavy atom. The molecule has 2 aromatic rings. The zero-order valence-corrected chi connectivity index (χ0v) is 17.9. The van der Waals surface area contributed by atoms with Crippen molar-refractivity contribution in [3.63, 3.8) is 0 Å². The maximum Gasteiger partial charge on any atom is 0.243 e. The molecule has 2 aromatic carbocycles. The third-order valence-electron chi connectivity index (χ3n) is 3.91. The highest BCUT2D eigenvalue weighted by Crippen LogP contribution is 2.23. The van der Waals surface area contributed by atoms with E-state index in [1.54, 1.807) is 31.2 Å². The Hall–Kier alpha value is -2.25. The molecule has 0 saturated carbocycles. The summed E-state index contributed by atoms with van der Waals surface area (Å²) in [7, 11) is -3.67. The number of amides is 1. The normalized spacial score (nSPS) is 12.5. The van der Waals surface area contributed by atoms with Crippen molar-refractivity contribution in [1.29, 1.82) is 0 Å². The molecule has 0 heterocycles. The van der Waals surface area contributed by atoms with Crippen molar-refractivity contribution in [2.24, 2.45) is 0 Å². The van der Waals surface area contributed by atoms with E-state index in [9.17, 15) is 13.2 Å². The molecule has 28 heavy (non-hydrogen) atoms. The highest BCUT2D eigenvalue weighted by molar-refractivity contribution is 7.92. The van der Waals surface area contributed by atoms with Crippen molar-refractivity contribution in [1.82, 2.24) is 5.32 Å². The van der Waals surface area contributed by atoms with Gasteiger partial charge in [0.25, 0.3) is 0 Å². The van der Waals surface area contributed by atoms with E-state index in [-0.39, 0.29) is 12.6 Å². The van der Waals surface area contributed by atoms with Crippen molar-refractivity contribution in [2.75, 3.05) is 10.6 Å². The molecule has 0 radical (unpaired) electrons. The quantitative estimate of drug-likeness (QED) is 0.702. The Bertz CT molecular complexity index is 914. The minimum atomic E-state index is -3.67. The molecular weight excluding hydrogens is 400 g/mol. The van der Waals surface area contributed by atoms with E-state index in [1.165, 1.54) is 0 Å². The Labute approximate surface area is 171 Å². The second kappa shape index (κ2) is 9.30. The smallest absolute Gasteiger partial charge is 0.243 e. The second-order valence-electron chi connectivity index (χ2n) is 6.74. The van der Waals surface area contributed by atoms with Crippen molar-refractivity contribution >= 4 is 33.2 Å². The zero-order chi connectivity index (χ0) is 20.9. The molecule has 1 atom stereocenters. The summed E-state index contributed by atoms with van der Waals surface area (Å²) in [5, 5.41) is 3.27. The Balaban J connectivity index is 2.12. The third kappa shape index (κ3) is 6.14. The number of carbonyl (C=O) groups excluding carboxylic acids is 1. The minimum absolute atomic E-state index is 0.0487. The molecule has 1 N–H and O–H groups in total. The standard InChI is InChI=1S/C20H25ClN2O4S/c1-14(2)27-19-7-5-6-16(12-19)13-22-20(24)15(3)23(28(4,25)26)18-10-8-17(21)9-11-18/h5-12,14-15H,13H2,1-4H3,(H,22,24)/t15-/m0/s1. The average molecular weight is 425 g/mol. The van der Waals surface area contributed by atoms with E-state index in [2.05, 4.69) is 5.32 Å². The SMILES string of the molecule is CC(C)Oc1cccc(CNC(=O)[C@H](C)N(c2ccc(Cl)cc2)S(C)(=O)=O)c1. The lowest BCUT2D eigenvalue weighted by Gasteiger charge is -2.28. The summed E-state index contributed by atoms with van der Waals surface area (Å²) in [6.45, 7) is 5.68. The van der Waals surface area contributed by atoms with Gasteiger partial charge in [-0.3, -0.25) is 9.10 Å². The van der Waals surface area contributed by atoms with Crippen LogP contribution in [-0.4, -0.2) is 32.7 Å². The first-order valence-electron chi connectivity index (χ1n) is 8.86. The molecule has 0 aliphatic heterocycles. The van der Waals surface area contributed by atoms with E-state index < -0.39 is 22.0 Å². The molecule has 8 heteroatoms. The van der Waals surface area contributed by atoms with Crippen molar-refractivity contribution in [3.8, 4) is 5.75 Å². The van der Waals surface area contributed by atoms with Gasteiger partial charge in [-0.15, -0.1) is 0 Å². The van der Waals surface area contributed by atoms with Gasteiger partial charge in [-0.05, 0) is 62.7 Å². The summed E-state index contributed by atoms with van der Waals surface area (Å²) in [4.78, 5) is 12.6. The molecule has 0 saturated heterocycles. The number of anilines is 1. The van der Waals surface area contributed by atoms with Crippen LogP contribution in [0, 0.1) is 0 Å². The van der Waals surface area contributed by atoms with Gasteiger partial charge in [0.2, 0.25) is 15.9 Å². The number of hydrogen-bond acceptors (Lipinski definition) is 4. The van der Waals surface area contributed by atoms with Crippen LogP contribution in [-0.2, 0) is 21.4 Å². The number of carbonyl (C=O) groups is 1. The van der Waals surface area contributed by atoms with Crippen molar-refractivity contribution < 1.29 is 17.9 Å². The predicted octanol–water partition coefficient (Wildman–Crippen LogP) is 3.60. The molecule has 2 rings (SSSR count). The molecule has 152 valence electrons. The first kappa shape index (κ1) is 22.0. The third-order valence-corrected chi connectivity index (χ3v) is 5.40. The fraction of sp³-hybridized carbons (Fsp3) is 0.350. The molecule has 0 aromatic heterocycles. The van der Waals surface area contributed by atoms with Gasteiger partial charge in [-0.25, -0.2) is 8.42 Å². The molecule has 0 unspecified atom stereocenters. The number of halogens is 1. The van der Waals surface area contributed by atoms with E-state index in [0.717, 1.165) is 16.1 Å². The van der Waals surface area contributed by atoms with Crippen LogP contribution in [0.4, 0.5) is 5.69 Å². The number of rotatable bonds is 8. The van der Waals surface area contributed by atoms with E-state index in [0.29, 0.717) is 16.5 Å². The molecular formula is C20H25ClN2O4S. The van der Waals surface area contributed by atoms with E-state index in [4.69, 9.17) is 16.3 Å². The number of hydrogen-bond donors (Lipinski definition) is 1. The molecule has 0 bridgehead atoms. The molecule has 0 fully saturated rings. The van der Waals surface area contributed by atoms with E-state index >= 15 is 0 Å². The van der Waals surface area contributed by atoms with Crippen molar-refractivity contribution in [2.45, 2.75) is 39.5 Å². The predicted molar refractivity (Wildman–Crippen MR) is 112 cm³/mol. The van der Waals surface area contributed by atoms with Gasteiger partial charge < -0.3 is 10.1 Å². The maximum absolute atomic E-state index is 12.6. The summed E-state index contributed by atoms with van der Waals surface area (Å²) < 4.78 is 31.3. The summed E-state index contributed by atoms with van der Waals surface area (Å²) >= 11 is 5.88. The van der Waals surface area contributed by atoms with Crippen LogP contribution >= 0.6 is 11.6 Å². The number of benzene rings is 2. The van der Waals surface area contributed by atoms with Crippen LogP contribution in [0.25, 0.3) is 0 Å². The Morgan fingerprint density at radius 2 is 1.79 bits per heavy atom. The number of sulfonamides is 1. The minimum Gasteiger partial charge on any atom is -0.491 e. The van der Waals surface area contributed by atoms with Gasteiger partial charge in [-0.1, -0.05) is 23.7 Å². The lowest BCUT2D eigenvalue weighted by molar-refractivity contribution is -0.122. The highest BCUT2D eigenvalue weighted by atomic mass is 35.5. The van der Waals surface area contributed by atoms with Crippen LogP contribution in [0.5, 0.6) is 5.75 Å². The first-order chi connectivity index (χ1) is 13.1. The highest BCUT2D eigenvalue weighted by Gasteiger charge is 2.28. The lowest BCUT2D eigenvalue weighted by atomic mass is 10.2. The Kier molecular flexibility index (Phi) is 7.32. The van der Waals surface area contributed by atoms with Gasteiger partial charge in [-0.2, -0.15) is 0 Å². The van der Waals surface area contributed by atoms with Gasteiger partial charge >= 0.3 is 0 Å². The van der Waals surface area contributed by atoms with Crippen molar-refractivity contribution in [3.05, 3.63) is 59.1 Å². The summed E-state index contributed by atoms with van der Waals surface area (Å²) in [6, 6.07) is 12.8. The van der Waals surface area contributed by atoms with Crippen LogP contribution in [0.15, 0.2) is 48.5 Å². The maximum atomic E-state index is 12.6. The Morgan fingerprint density at radius 1 is 1.14 bits per heavy atom.